The minimum Gasteiger partial charge on any atom is -0.354 e. The summed E-state index contributed by atoms with van der Waals surface area (Å²) in [6, 6.07) is 4.36. The summed E-state index contributed by atoms with van der Waals surface area (Å²) in [7, 11) is 2.13. The zero-order valence-corrected chi connectivity index (χ0v) is 9.63. The summed E-state index contributed by atoms with van der Waals surface area (Å²) in [5, 5.41) is 0. The number of aromatic nitrogens is 1. The Bertz CT molecular complexity index is 237. The van der Waals surface area contributed by atoms with Gasteiger partial charge < -0.3 is 4.57 Å². The lowest BCUT2D eigenvalue weighted by Gasteiger charge is -2.03. The second-order valence-corrected chi connectivity index (χ2v) is 4.13. The summed E-state index contributed by atoms with van der Waals surface area (Å²) < 4.78 is 2.23. The van der Waals surface area contributed by atoms with Crippen LogP contribution in [0.5, 0.6) is 0 Å². The van der Waals surface area contributed by atoms with E-state index in [0.29, 0.717) is 0 Å². The molecular weight excluding hydrogens is 170 g/mol. The third-order valence-electron chi connectivity index (χ3n) is 2.84. The average molecular weight is 193 g/mol. The van der Waals surface area contributed by atoms with Gasteiger partial charge in [-0.25, -0.2) is 0 Å². The van der Waals surface area contributed by atoms with Crippen molar-refractivity contribution in [3.8, 4) is 0 Å². The Morgan fingerprint density at radius 1 is 1.07 bits per heavy atom. The molecule has 0 atom stereocenters. The summed E-state index contributed by atoms with van der Waals surface area (Å²) in [6.07, 6.45) is 11.7. The van der Waals surface area contributed by atoms with Crippen LogP contribution < -0.4 is 0 Å². The van der Waals surface area contributed by atoms with Gasteiger partial charge in [0.05, 0.1) is 0 Å². The Balaban J connectivity index is 2.02. The smallest absolute Gasteiger partial charge is 0.0171 e. The highest BCUT2D eigenvalue weighted by atomic mass is 14.9. The van der Waals surface area contributed by atoms with Crippen LogP contribution in [0.25, 0.3) is 0 Å². The fraction of sp³-hybridized carbons (Fsp3) is 0.692. The first-order chi connectivity index (χ1) is 6.84. The summed E-state index contributed by atoms with van der Waals surface area (Å²) in [5.74, 6) is 0. The normalized spacial score (nSPS) is 10.7. The van der Waals surface area contributed by atoms with E-state index in [2.05, 4.69) is 36.9 Å². The van der Waals surface area contributed by atoms with Crippen LogP contribution in [0.1, 0.15) is 51.1 Å². The Hall–Kier alpha value is -0.720. The van der Waals surface area contributed by atoms with Crippen molar-refractivity contribution in [1.29, 1.82) is 0 Å². The molecule has 1 heterocycles. The molecule has 0 saturated heterocycles. The van der Waals surface area contributed by atoms with Crippen LogP contribution in [0.15, 0.2) is 18.3 Å². The average Bonchev–Trinajstić information content (AvgIpc) is 2.58. The van der Waals surface area contributed by atoms with E-state index in [-0.39, 0.29) is 0 Å². The van der Waals surface area contributed by atoms with Crippen molar-refractivity contribution in [2.75, 3.05) is 0 Å². The molecule has 0 aromatic carbocycles. The summed E-state index contributed by atoms with van der Waals surface area (Å²) in [4.78, 5) is 0. The predicted octanol–water partition coefficient (Wildman–Crippen LogP) is 3.93. The second-order valence-electron chi connectivity index (χ2n) is 4.13. The lowest BCUT2D eigenvalue weighted by Crippen LogP contribution is -1.94. The summed E-state index contributed by atoms with van der Waals surface area (Å²) in [6.45, 7) is 2.27. The molecule has 0 bridgehead atoms. The Morgan fingerprint density at radius 3 is 2.43 bits per heavy atom. The molecule has 0 radical (unpaired) electrons. The van der Waals surface area contributed by atoms with Crippen molar-refractivity contribution in [2.45, 2.75) is 51.9 Å². The molecule has 0 amide bonds. The number of hydrogen-bond donors (Lipinski definition) is 0. The van der Waals surface area contributed by atoms with Gasteiger partial charge in [-0.2, -0.15) is 0 Å². The topological polar surface area (TPSA) is 4.93 Å². The molecule has 0 spiro atoms. The molecule has 1 rings (SSSR count). The quantitative estimate of drug-likeness (QED) is 0.578. The summed E-state index contributed by atoms with van der Waals surface area (Å²) >= 11 is 0. The van der Waals surface area contributed by atoms with E-state index in [4.69, 9.17) is 0 Å². The predicted molar refractivity (Wildman–Crippen MR) is 62.5 cm³/mol. The Kier molecular flexibility index (Phi) is 5.43. The molecule has 0 aliphatic rings. The van der Waals surface area contributed by atoms with Crippen LogP contribution in [0.4, 0.5) is 0 Å². The van der Waals surface area contributed by atoms with Crippen LogP contribution in [0.3, 0.4) is 0 Å². The monoisotopic (exact) mass is 193 g/mol. The zero-order chi connectivity index (χ0) is 10.2. The minimum absolute atomic E-state index is 1.25. The van der Waals surface area contributed by atoms with Crippen LogP contribution in [-0.2, 0) is 13.5 Å². The molecule has 1 aromatic rings. The van der Waals surface area contributed by atoms with E-state index in [9.17, 15) is 0 Å². The number of hydrogen-bond acceptors (Lipinski definition) is 0. The molecular formula is C13H23N. The van der Waals surface area contributed by atoms with E-state index in [1.165, 1.54) is 50.6 Å². The zero-order valence-electron chi connectivity index (χ0n) is 9.63. The maximum atomic E-state index is 2.27. The fourth-order valence-corrected chi connectivity index (χ4v) is 1.84. The highest BCUT2D eigenvalue weighted by Gasteiger charge is 1.96. The maximum absolute atomic E-state index is 2.27. The largest absolute Gasteiger partial charge is 0.354 e. The molecule has 0 aliphatic carbocycles. The van der Waals surface area contributed by atoms with Crippen molar-refractivity contribution < 1.29 is 0 Å². The van der Waals surface area contributed by atoms with Gasteiger partial charge in [0.25, 0.3) is 0 Å². The van der Waals surface area contributed by atoms with E-state index >= 15 is 0 Å². The molecule has 14 heavy (non-hydrogen) atoms. The molecule has 0 aliphatic heterocycles. The van der Waals surface area contributed by atoms with Crippen LogP contribution in [0, 0.1) is 0 Å². The third kappa shape index (κ3) is 3.99. The molecule has 1 heteroatoms. The fourth-order valence-electron chi connectivity index (χ4n) is 1.84. The number of unbranched alkanes of at least 4 members (excludes halogenated alkanes) is 5. The van der Waals surface area contributed by atoms with Crippen molar-refractivity contribution in [2.24, 2.45) is 7.05 Å². The molecule has 0 fully saturated rings. The highest BCUT2D eigenvalue weighted by Crippen LogP contribution is 2.09. The third-order valence-corrected chi connectivity index (χ3v) is 2.84. The molecule has 0 N–H and O–H groups in total. The molecule has 0 saturated carbocycles. The van der Waals surface area contributed by atoms with Crippen molar-refractivity contribution in [3.05, 3.63) is 24.0 Å². The van der Waals surface area contributed by atoms with E-state index < -0.39 is 0 Å². The Morgan fingerprint density at radius 2 is 1.79 bits per heavy atom. The van der Waals surface area contributed by atoms with Crippen molar-refractivity contribution in [1.82, 2.24) is 4.57 Å². The maximum Gasteiger partial charge on any atom is 0.0171 e. The van der Waals surface area contributed by atoms with Crippen LogP contribution >= 0.6 is 0 Å². The van der Waals surface area contributed by atoms with E-state index in [1.54, 1.807) is 0 Å². The number of aryl methyl sites for hydroxylation is 2. The molecule has 80 valence electrons. The van der Waals surface area contributed by atoms with Crippen LogP contribution in [0.2, 0.25) is 0 Å². The SMILES string of the molecule is CCCCCCCCc1cccn1C. The lowest BCUT2D eigenvalue weighted by molar-refractivity contribution is 0.600. The van der Waals surface area contributed by atoms with E-state index in [1.807, 2.05) is 0 Å². The Labute approximate surface area is 88.1 Å². The van der Waals surface area contributed by atoms with Gasteiger partial charge in [-0.05, 0) is 25.0 Å². The first kappa shape index (κ1) is 11.4. The van der Waals surface area contributed by atoms with E-state index in [0.717, 1.165) is 0 Å². The minimum atomic E-state index is 1.25. The molecule has 1 aromatic heterocycles. The standard InChI is InChI=1S/C13H23N/c1-3-4-5-6-7-8-10-13-11-9-12-14(13)2/h9,11-12H,3-8,10H2,1-2H3. The van der Waals surface area contributed by atoms with Crippen LogP contribution in [-0.4, -0.2) is 4.57 Å². The first-order valence-corrected chi connectivity index (χ1v) is 5.95. The number of nitrogens with zero attached hydrogens (tertiary/aromatic N) is 1. The van der Waals surface area contributed by atoms with Gasteiger partial charge >= 0.3 is 0 Å². The molecule has 1 nitrogen and oxygen atoms in total. The van der Waals surface area contributed by atoms with Gasteiger partial charge in [-0.1, -0.05) is 39.0 Å². The highest BCUT2D eigenvalue weighted by molar-refractivity contribution is 5.06. The number of rotatable bonds is 7. The van der Waals surface area contributed by atoms with Crippen molar-refractivity contribution in [3.63, 3.8) is 0 Å². The molecule has 0 unspecified atom stereocenters. The lowest BCUT2D eigenvalue weighted by atomic mass is 10.1. The van der Waals surface area contributed by atoms with Gasteiger partial charge in [0, 0.05) is 18.9 Å². The van der Waals surface area contributed by atoms with Gasteiger partial charge in [0.15, 0.2) is 0 Å². The second kappa shape index (κ2) is 6.69. The van der Waals surface area contributed by atoms with Gasteiger partial charge in [-0.15, -0.1) is 0 Å². The van der Waals surface area contributed by atoms with Gasteiger partial charge in [-0.3, -0.25) is 0 Å². The van der Waals surface area contributed by atoms with Gasteiger partial charge in [0.1, 0.15) is 0 Å². The van der Waals surface area contributed by atoms with Crippen molar-refractivity contribution >= 4 is 0 Å². The van der Waals surface area contributed by atoms with Gasteiger partial charge in [0.2, 0.25) is 0 Å². The first-order valence-electron chi connectivity index (χ1n) is 5.95. The summed E-state index contributed by atoms with van der Waals surface area (Å²) in [5.41, 5.74) is 1.47.